The molecular weight excluding hydrogens is 368 g/mol. The topological polar surface area (TPSA) is 119 Å². The van der Waals surface area contributed by atoms with Crippen LogP contribution in [-0.4, -0.2) is 11.0 Å². The van der Waals surface area contributed by atoms with Crippen LogP contribution in [0.2, 0.25) is 0 Å². The van der Waals surface area contributed by atoms with Crippen molar-refractivity contribution < 1.29 is 38.4 Å². The fourth-order valence-corrected chi connectivity index (χ4v) is 5.75. The van der Waals surface area contributed by atoms with Gasteiger partial charge in [0.1, 0.15) is 0 Å². The van der Waals surface area contributed by atoms with E-state index >= 15 is 0 Å². The zero-order valence-corrected chi connectivity index (χ0v) is 14.6. The fraction of sp³-hybridized carbons (Fsp3) is 0.235. The number of ether oxygens (including phenoxy) is 1. The highest BCUT2D eigenvalue weighted by Crippen LogP contribution is 2.47. The summed E-state index contributed by atoms with van der Waals surface area (Å²) in [5.41, 5.74) is 0. The van der Waals surface area contributed by atoms with Crippen LogP contribution in [0.5, 0.6) is 11.5 Å². The molecule has 6 nitrogen and oxygen atoms in total. The number of para-hydroxylation sites is 2. The second-order valence-corrected chi connectivity index (χ2v) is 8.44. The van der Waals surface area contributed by atoms with Crippen molar-refractivity contribution in [3.63, 3.8) is 0 Å². The van der Waals surface area contributed by atoms with Crippen molar-refractivity contribution in [3.05, 3.63) is 48.5 Å². The molecule has 0 N–H and O–H groups in total. The highest BCUT2D eigenvalue weighted by atomic mass is 35.7. The number of hydrogen-bond acceptors (Lipinski definition) is 6. The lowest BCUT2D eigenvalue weighted by molar-refractivity contribution is -2.00. The van der Waals surface area contributed by atoms with Crippen molar-refractivity contribution in [2.24, 2.45) is 0 Å². The molecule has 0 amide bonds. The van der Waals surface area contributed by atoms with Gasteiger partial charge in [-0.25, -0.2) is 18.6 Å². The van der Waals surface area contributed by atoms with Gasteiger partial charge >= 0.3 is 0 Å². The summed E-state index contributed by atoms with van der Waals surface area (Å²) in [5.74, 6) is 2.24. The zero-order chi connectivity index (χ0) is 18.0. The first kappa shape index (κ1) is 18.2. The van der Waals surface area contributed by atoms with Gasteiger partial charge in [0, 0.05) is 12.8 Å². The average molecular weight is 383 g/mol. The second kappa shape index (κ2) is 7.33. The van der Waals surface area contributed by atoms with E-state index in [0.29, 0.717) is 5.78 Å². The van der Waals surface area contributed by atoms with E-state index in [0.717, 1.165) is 30.8 Å². The molecule has 1 aliphatic heterocycles. The Labute approximate surface area is 149 Å². The minimum Gasteiger partial charge on any atom is -0.447 e. The van der Waals surface area contributed by atoms with Crippen molar-refractivity contribution in [1.82, 2.24) is 0 Å². The maximum Gasteiger partial charge on any atom is 0.203 e. The minimum atomic E-state index is -4.94. The molecule has 2 aromatic carbocycles. The summed E-state index contributed by atoms with van der Waals surface area (Å²) < 4.78 is 40.0. The lowest BCUT2D eigenvalue weighted by atomic mass is 10.3. The van der Waals surface area contributed by atoms with Gasteiger partial charge in [0.25, 0.3) is 0 Å². The first-order chi connectivity index (χ1) is 11.8. The Bertz CT molecular complexity index is 724. The normalized spacial score (nSPS) is 19.4. The maximum atomic E-state index is 12.3. The predicted octanol–water partition coefficient (Wildman–Crippen LogP) is -0.806. The average Bonchev–Trinajstić information content (AvgIpc) is 2.96. The number of benzene rings is 2. The first-order valence-electron chi connectivity index (χ1n) is 7.58. The lowest BCUT2D eigenvalue weighted by Gasteiger charge is -2.22. The monoisotopic (exact) mass is 382 g/mol. The van der Waals surface area contributed by atoms with E-state index in [2.05, 4.69) is 12.1 Å². The molecule has 1 saturated carbocycles. The Balaban J connectivity index is 0.000000324. The number of carbonyl (C=O) groups excluding carboxylic acids is 1. The number of fused-ring (bicyclic) bond motifs is 2. The molecule has 25 heavy (non-hydrogen) atoms. The van der Waals surface area contributed by atoms with Gasteiger partial charge < -0.3 is 4.74 Å². The molecule has 0 radical (unpaired) electrons. The Hall–Kier alpha value is -1.61. The van der Waals surface area contributed by atoms with E-state index in [1.54, 1.807) is 0 Å². The summed E-state index contributed by atoms with van der Waals surface area (Å²) in [4.78, 5) is 14.6. The summed E-state index contributed by atoms with van der Waals surface area (Å²) in [6.45, 7) is 0. The molecule has 1 atom stereocenters. The van der Waals surface area contributed by atoms with E-state index in [-0.39, 0.29) is 16.1 Å². The quantitative estimate of drug-likeness (QED) is 0.595. The fourth-order valence-electron chi connectivity index (χ4n) is 3.01. The van der Waals surface area contributed by atoms with Crippen molar-refractivity contribution in [2.45, 2.75) is 34.3 Å². The van der Waals surface area contributed by atoms with E-state index in [1.165, 1.54) is 9.79 Å². The Morgan fingerprint density at radius 3 is 1.84 bits per heavy atom. The van der Waals surface area contributed by atoms with Gasteiger partial charge in [-0.15, -0.1) is 10.2 Å². The largest absolute Gasteiger partial charge is 0.447 e. The van der Waals surface area contributed by atoms with Crippen LogP contribution < -0.4 is 23.4 Å². The lowest BCUT2D eigenvalue weighted by Crippen LogP contribution is -2.68. The van der Waals surface area contributed by atoms with Gasteiger partial charge in [-0.05, 0) is 30.7 Å². The van der Waals surface area contributed by atoms with Gasteiger partial charge in [-0.3, -0.25) is 4.79 Å². The summed E-state index contributed by atoms with van der Waals surface area (Å²) in [6.07, 6.45) is 2.77. The van der Waals surface area contributed by atoms with Crippen molar-refractivity contribution in [1.29, 1.82) is 0 Å². The Morgan fingerprint density at radius 2 is 1.40 bits per heavy atom. The van der Waals surface area contributed by atoms with Gasteiger partial charge in [-0.2, -0.15) is 0 Å². The van der Waals surface area contributed by atoms with Crippen LogP contribution in [0.3, 0.4) is 0 Å². The van der Waals surface area contributed by atoms with Gasteiger partial charge in [0.2, 0.25) is 9.79 Å². The molecule has 132 valence electrons. The smallest absolute Gasteiger partial charge is 0.203 e. The zero-order valence-electron chi connectivity index (χ0n) is 13.1. The molecular formula is C17H15ClO6S. The van der Waals surface area contributed by atoms with Gasteiger partial charge in [-0.1, -0.05) is 24.3 Å². The second-order valence-electron chi connectivity index (χ2n) is 5.56. The summed E-state index contributed by atoms with van der Waals surface area (Å²) in [6, 6.07) is 16.3. The molecule has 1 fully saturated rings. The summed E-state index contributed by atoms with van der Waals surface area (Å²) in [5, 5.41) is 0.140. The van der Waals surface area contributed by atoms with Gasteiger partial charge in [0.05, 0.1) is 10.9 Å². The third kappa shape index (κ3) is 4.33. The first-order valence-corrected chi connectivity index (χ1v) is 10.1. The third-order valence-corrected chi connectivity index (χ3v) is 6.62. The SMILES string of the molecule is O=C1CCCC1[S+]1c2ccccc2Oc2ccccc21.[O-][Cl+3]([O-])([O-])[O-]. The molecule has 2 aromatic rings. The van der Waals surface area contributed by atoms with Crippen LogP contribution in [0.1, 0.15) is 19.3 Å². The molecule has 0 bridgehead atoms. The number of Topliss-reactive ketones (excluding diaryl/α,β-unsaturated/α-hetero) is 1. The Kier molecular flexibility index (Phi) is 5.33. The van der Waals surface area contributed by atoms with Crippen LogP contribution >= 0.6 is 0 Å². The van der Waals surface area contributed by atoms with Crippen LogP contribution in [0.4, 0.5) is 0 Å². The molecule has 8 heteroatoms. The summed E-state index contributed by atoms with van der Waals surface area (Å²) in [7, 11) is -5.12. The van der Waals surface area contributed by atoms with Crippen molar-refractivity contribution >= 4 is 16.7 Å². The van der Waals surface area contributed by atoms with Gasteiger partial charge in [0.15, 0.2) is 22.5 Å². The van der Waals surface area contributed by atoms with E-state index in [1.807, 2.05) is 36.4 Å². The molecule has 0 aromatic heterocycles. The van der Waals surface area contributed by atoms with Crippen LogP contribution in [0.15, 0.2) is 58.3 Å². The highest BCUT2D eigenvalue weighted by molar-refractivity contribution is 7.98. The van der Waals surface area contributed by atoms with Crippen molar-refractivity contribution in [3.8, 4) is 11.5 Å². The maximum absolute atomic E-state index is 12.3. The standard InChI is InChI=1S/C17H15O2S.ClHO4/c18-12-6-5-11-15(12)20-16-9-3-1-7-13(16)19-14-8-2-4-10-17(14)20;2-1(3,4)5/h1-4,7-10,15H,5-6,11H2;(H,2,3,4,5)/q+1;/p-1. The molecule has 4 rings (SSSR count). The molecule has 0 spiro atoms. The van der Waals surface area contributed by atoms with E-state index in [9.17, 15) is 4.79 Å². The van der Waals surface area contributed by atoms with Crippen LogP contribution in [0, 0.1) is 10.2 Å². The number of carbonyl (C=O) groups is 1. The number of ketones is 1. The molecule has 1 aliphatic carbocycles. The van der Waals surface area contributed by atoms with Crippen LogP contribution in [-0.2, 0) is 15.7 Å². The molecule has 0 saturated heterocycles. The molecule has 2 aliphatic rings. The highest BCUT2D eigenvalue weighted by Gasteiger charge is 2.48. The van der Waals surface area contributed by atoms with Crippen LogP contribution in [0.25, 0.3) is 0 Å². The predicted molar refractivity (Wildman–Crippen MR) is 79.5 cm³/mol. The molecule has 1 unspecified atom stereocenters. The van der Waals surface area contributed by atoms with E-state index in [4.69, 9.17) is 23.4 Å². The van der Waals surface area contributed by atoms with Crippen molar-refractivity contribution in [2.75, 3.05) is 0 Å². The summed E-state index contributed by atoms with van der Waals surface area (Å²) >= 11 is 0. The molecule has 1 heterocycles. The number of halogens is 1. The van der Waals surface area contributed by atoms with E-state index < -0.39 is 10.2 Å². The number of rotatable bonds is 1. The number of hydrogen-bond donors (Lipinski definition) is 0. The third-order valence-electron chi connectivity index (χ3n) is 3.93. The minimum absolute atomic E-state index is 0.140. The Morgan fingerprint density at radius 1 is 0.920 bits per heavy atom.